The highest BCUT2D eigenvalue weighted by molar-refractivity contribution is 9.10. The van der Waals surface area contributed by atoms with Crippen LogP contribution in [0.15, 0.2) is 16.9 Å². The number of fused-ring (bicyclic) bond motifs is 1. The highest BCUT2D eigenvalue weighted by Gasteiger charge is 2.16. The van der Waals surface area contributed by atoms with Crippen LogP contribution in [0.5, 0.6) is 0 Å². The summed E-state index contributed by atoms with van der Waals surface area (Å²) >= 11 is 3.44. The second-order valence-corrected chi connectivity index (χ2v) is 5.51. The van der Waals surface area contributed by atoms with Crippen molar-refractivity contribution < 1.29 is 0 Å². The Hall–Kier alpha value is -1.14. The van der Waals surface area contributed by atoms with Gasteiger partial charge in [0.05, 0.1) is 0 Å². The molecule has 18 heavy (non-hydrogen) atoms. The van der Waals surface area contributed by atoms with E-state index in [0.717, 1.165) is 47.8 Å². The summed E-state index contributed by atoms with van der Waals surface area (Å²) < 4.78 is 2.68. The second kappa shape index (κ2) is 4.51. The molecule has 5 nitrogen and oxygen atoms in total. The number of likely N-dealkylation sites (N-methyl/N-ethyl adjacent to an activating group) is 1. The van der Waals surface area contributed by atoms with Crippen molar-refractivity contribution in [2.24, 2.45) is 0 Å². The van der Waals surface area contributed by atoms with Gasteiger partial charge in [-0.05, 0) is 36.0 Å². The molecule has 0 bridgehead atoms. The zero-order valence-corrected chi connectivity index (χ0v) is 12.2. The van der Waals surface area contributed by atoms with E-state index in [-0.39, 0.29) is 0 Å². The van der Waals surface area contributed by atoms with E-state index in [4.69, 9.17) is 4.98 Å². The first-order valence-electron chi connectivity index (χ1n) is 6.10. The molecular formula is C12H16BrN5. The normalized spacial score (nSPS) is 17.6. The van der Waals surface area contributed by atoms with Gasteiger partial charge in [0.15, 0.2) is 5.65 Å². The number of piperazine rings is 1. The average Bonchev–Trinajstić information content (AvgIpc) is 2.66. The number of nitrogens with zero attached hydrogens (tertiary/aromatic N) is 5. The Morgan fingerprint density at radius 2 is 1.94 bits per heavy atom. The third-order valence-electron chi connectivity index (χ3n) is 3.47. The van der Waals surface area contributed by atoms with Gasteiger partial charge in [0, 0.05) is 37.9 Å². The lowest BCUT2D eigenvalue weighted by Gasteiger charge is -2.33. The second-order valence-electron chi connectivity index (χ2n) is 4.76. The molecule has 1 aliphatic heterocycles. The fourth-order valence-electron chi connectivity index (χ4n) is 2.21. The number of hydrogen-bond acceptors (Lipinski definition) is 4. The van der Waals surface area contributed by atoms with Crippen molar-refractivity contribution >= 4 is 27.4 Å². The number of rotatable bonds is 1. The van der Waals surface area contributed by atoms with Crippen molar-refractivity contribution in [3.05, 3.63) is 22.4 Å². The molecule has 96 valence electrons. The molecule has 0 N–H and O–H groups in total. The van der Waals surface area contributed by atoms with Gasteiger partial charge in [-0.25, -0.2) is 9.50 Å². The largest absolute Gasteiger partial charge is 0.354 e. The molecule has 2 aromatic heterocycles. The molecule has 0 amide bonds. The van der Waals surface area contributed by atoms with Crippen LogP contribution in [0.3, 0.4) is 0 Å². The van der Waals surface area contributed by atoms with Gasteiger partial charge in [-0.1, -0.05) is 0 Å². The van der Waals surface area contributed by atoms with E-state index in [1.54, 1.807) is 0 Å². The van der Waals surface area contributed by atoms with Crippen molar-refractivity contribution in [1.29, 1.82) is 0 Å². The van der Waals surface area contributed by atoms with Gasteiger partial charge < -0.3 is 9.80 Å². The van der Waals surface area contributed by atoms with Crippen LogP contribution >= 0.6 is 15.9 Å². The molecule has 1 aliphatic rings. The SMILES string of the molecule is Cc1c(Br)nn2ccc(N3CCN(C)CC3)nc12. The van der Waals surface area contributed by atoms with Gasteiger partial charge in [0.25, 0.3) is 0 Å². The van der Waals surface area contributed by atoms with Gasteiger partial charge in [-0.15, -0.1) is 0 Å². The fourth-order valence-corrected chi connectivity index (χ4v) is 2.56. The summed E-state index contributed by atoms with van der Waals surface area (Å²) in [4.78, 5) is 9.40. The molecule has 0 saturated carbocycles. The van der Waals surface area contributed by atoms with Crippen molar-refractivity contribution in [1.82, 2.24) is 19.5 Å². The third-order valence-corrected chi connectivity index (χ3v) is 4.22. The van der Waals surface area contributed by atoms with Crippen LogP contribution in [0.1, 0.15) is 5.56 Å². The maximum atomic E-state index is 4.72. The van der Waals surface area contributed by atoms with E-state index in [1.165, 1.54) is 0 Å². The number of hydrogen-bond donors (Lipinski definition) is 0. The van der Waals surface area contributed by atoms with Crippen LogP contribution in [0.4, 0.5) is 5.82 Å². The molecule has 1 saturated heterocycles. The van der Waals surface area contributed by atoms with Crippen LogP contribution in [-0.4, -0.2) is 52.7 Å². The number of anilines is 1. The van der Waals surface area contributed by atoms with Crippen molar-refractivity contribution in [3.63, 3.8) is 0 Å². The number of halogens is 1. The molecular weight excluding hydrogens is 294 g/mol. The minimum atomic E-state index is 0.866. The molecule has 1 fully saturated rings. The lowest BCUT2D eigenvalue weighted by molar-refractivity contribution is 0.312. The Morgan fingerprint density at radius 1 is 1.22 bits per heavy atom. The summed E-state index contributed by atoms with van der Waals surface area (Å²) in [7, 11) is 2.16. The van der Waals surface area contributed by atoms with Crippen LogP contribution in [0, 0.1) is 6.92 Å². The van der Waals surface area contributed by atoms with Gasteiger partial charge in [0.1, 0.15) is 10.4 Å². The highest BCUT2D eigenvalue weighted by Crippen LogP contribution is 2.21. The van der Waals surface area contributed by atoms with Gasteiger partial charge in [-0.3, -0.25) is 0 Å². The maximum Gasteiger partial charge on any atom is 0.161 e. The van der Waals surface area contributed by atoms with Gasteiger partial charge >= 0.3 is 0 Å². The third kappa shape index (κ3) is 1.99. The highest BCUT2D eigenvalue weighted by atomic mass is 79.9. The monoisotopic (exact) mass is 309 g/mol. The van der Waals surface area contributed by atoms with E-state index in [9.17, 15) is 0 Å². The summed E-state index contributed by atoms with van der Waals surface area (Å²) in [5.41, 5.74) is 2.02. The first-order valence-corrected chi connectivity index (χ1v) is 6.89. The molecule has 3 rings (SSSR count). The summed E-state index contributed by atoms with van der Waals surface area (Å²) in [5, 5.41) is 4.36. The molecule has 0 spiro atoms. The van der Waals surface area contributed by atoms with Crippen molar-refractivity contribution in [2.75, 3.05) is 38.1 Å². The lowest BCUT2D eigenvalue weighted by atomic mass is 10.3. The minimum Gasteiger partial charge on any atom is -0.354 e. The van der Waals surface area contributed by atoms with Gasteiger partial charge in [-0.2, -0.15) is 5.10 Å². The standard InChI is InChI=1S/C12H16BrN5/c1-9-11(13)15-18-4-3-10(14-12(9)18)17-7-5-16(2)6-8-17/h3-4H,5-8H2,1-2H3. The molecule has 0 aliphatic carbocycles. The summed E-state index contributed by atoms with van der Waals surface area (Å²) in [5.74, 6) is 1.05. The summed E-state index contributed by atoms with van der Waals surface area (Å²) in [6.07, 6.45) is 1.98. The Bertz CT molecular complexity index is 571. The zero-order valence-electron chi connectivity index (χ0n) is 10.6. The smallest absolute Gasteiger partial charge is 0.161 e. The van der Waals surface area contributed by atoms with E-state index < -0.39 is 0 Å². The fraction of sp³-hybridized carbons (Fsp3) is 0.500. The predicted molar refractivity (Wildman–Crippen MR) is 75.1 cm³/mol. The van der Waals surface area contributed by atoms with Crippen molar-refractivity contribution in [2.45, 2.75) is 6.92 Å². The zero-order chi connectivity index (χ0) is 12.7. The molecule has 0 atom stereocenters. The molecule has 3 heterocycles. The van der Waals surface area contributed by atoms with Crippen molar-refractivity contribution in [3.8, 4) is 0 Å². The lowest BCUT2D eigenvalue weighted by Crippen LogP contribution is -2.44. The molecule has 0 aromatic carbocycles. The summed E-state index contributed by atoms with van der Waals surface area (Å²) in [6, 6.07) is 2.04. The van der Waals surface area contributed by atoms with E-state index in [0.29, 0.717) is 0 Å². The molecule has 0 unspecified atom stereocenters. The topological polar surface area (TPSA) is 36.7 Å². The Labute approximate surface area is 115 Å². The van der Waals surface area contributed by atoms with E-state index >= 15 is 0 Å². The average molecular weight is 310 g/mol. The Balaban J connectivity index is 1.95. The van der Waals surface area contributed by atoms with Crippen LogP contribution in [0.25, 0.3) is 5.65 Å². The Kier molecular flexibility index (Phi) is 2.99. The molecule has 0 radical (unpaired) electrons. The van der Waals surface area contributed by atoms with Crippen LogP contribution < -0.4 is 4.90 Å². The van der Waals surface area contributed by atoms with Crippen LogP contribution in [0.2, 0.25) is 0 Å². The number of aromatic nitrogens is 3. The minimum absolute atomic E-state index is 0.866. The maximum absolute atomic E-state index is 4.72. The van der Waals surface area contributed by atoms with E-state index in [2.05, 4.69) is 37.9 Å². The van der Waals surface area contributed by atoms with Gasteiger partial charge in [0.2, 0.25) is 0 Å². The van der Waals surface area contributed by atoms with Crippen LogP contribution in [-0.2, 0) is 0 Å². The molecule has 6 heteroatoms. The Morgan fingerprint density at radius 3 is 2.67 bits per heavy atom. The summed E-state index contributed by atoms with van der Waals surface area (Å²) in [6.45, 7) is 6.29. The first kappa shape index (κ1) is 11.9. The molecule has 2 aromatic rings. The number of aryl methyl sites for hydroxylation is 1. The first-order chi connectivity index (χ1) is 8.65. The predicted octanol–water partition coefficient (Wildman–Crippen LogP) is 1.55. The quantitative estimate of drug-likeness (QED) is 0.801. The van der Waals surface area contributed by atoms with E-state index in [1.807, 2.05) is 23.7 Å².